The van der Waals surface area contributed by atoms with E-state index in [9.17, 15) is 0 Å². The van der Waals surface area contributed by atoms with E-state index < -0.39 is 0 Å². The van der Waals surface area contributed by atoms with Crippen LogP contribution in [0.3, 0.4) is 0 Å². The first kappa shape index (κ1) is 10.6. The summed E-state index contributed by atoms with van der Waals surface area (Å²) in [5, 5.41) is 1.16. The van der Waals surface area contributed by atoms with E-state index in [4.69, 9.17) is 18.0 Å². The summed E-state index contributed by atoms with van der Waals surface area (Å²) in [5.74, 6) is 0.563. The van der Waals surface area contributed by atoms with Gasteiger partial charge in [0.2, 0.25) is 0 Å². The van der Waals surface area contributed by atoms with Crippen LogP contribution in [0.15, 0.2) is 6.20 Å². The summed E-state index contributed by atoms with van der Waals surface area (Å²) >= 11 is 6.50. The minimum Gasteiger partial charge on any atom is -0.389 e. The highest BCUT2D eigenvalue weighted by Gasteiger charge is 2.12. The van der Waals surface area contributed by atoms with E-state index in [1.165, 1.54) is 0 Å². The molecule has 0 unspecified atom stereocenters. The van der Waals surface area contributed by atoms with Crippen LogP contribution in [0.5, 0.6) is 0 Å². The molecule has 1 rings (SSSR count). The molecule has 0 aliphatic carbocycles. The Bertz CT molecular complexity index is 290. The van der Waals surface area contributed by atoms with Gasteiger partial charge in [-0.25, -0.2) is 4.98 Å². The molecule has 0 atom stereocenters. The van der Waals surface area contributed by atoms with E-state index >= 15 is 0 Å². The Morgan fingerprint density at radius 2 is 2.23 bits per heavy atom. The van der Waals surface area contributed by atoms with Gasteiger partial charge < -0.3 is 5.73 Å². The first-order valence-corrected chi connectivity index (χ1v) is 5.67. The number of nitrogens with two attached hydrogens (primary N) is 1. The minimum absolute atomic E-state index is 0.453. The second kappa shape index (κ2) is 4.67. The molecule has 13 heavy (non-hydrogen) atoms. The predicted octanol–water partition coefficient (Wildman–Crippen LogP) is 2.68. The predicted molar refractivity (Wildman–Crippen MR) is 61.3 cm³/mol. The molecule has 0 spiro atoms. The van der Waals surface area contributed by atoms with E-state index in [1.807, 2.05) is 0 Å². The summed E-state index contributed by atoms with van der Waals surface area (Å²) in [4.78, 5) is 5.71. The van der Waals surface area contributed by atoms with Crippen LogP contribution < -0.4 is 5.73 Å². The lowest BCUT2D eigenvalue weighted by atomic mass is 10.1. The molecular formula is C9H14N2S2. The standard InChI is InChI=1S/C9H14N2S2/c1-3-6(4-2)9-11-5-7(13-9)8(10)12/h5-6H,3-4H2,1-2H3,(H2,10,12). The lowest BCUT2D eigenvalue weighted by Gasteiger charge is -2.06. The second-order valence-corrected chi connectivity index (χ2v) is 4.44. The zero-order valence-corrected chi connectivity index (χ0v) is 9.54. The molecule has 72 valence electrons. The Morgan fingerprint density at radius 3 is 2.62 bits per heavy atom. The van der Waals surface area contributed by atoms with Crippen LogP contribution in [-0.4, -0.2) is 9.97 Å². The van der Waals surface area contributed by atoms with Gasteiger partial charge in [-0.3, -0.25) is 0 Å². The molecular weight excluding hydrogens is 200 g/mol. The summed E-state index contributed by atoms with van der Waals surface area (Å²) in [6, 6.07) is 0. The molecule has 0 bridgehead atoms. The third-order valence-electron chi connectivity index (χ3n) is 2.10. The number of rotatable bonds is 4. The van der Waals surface area contributed by atoms with Crippen LogP contribution in [0.25, 0.3) is 0 Å². The highest BCUT2D eigenvalue weighted by Crippen LogP contribution is 2.26. The number of nitrogens with zero attached hydrogens (tertiary/aromatic N) is 1. The fraction of sp³-hybridized carbons (Fsp3) is 0.556. The third kappa shape index (κ3) is 2.48. The van der Waals surface area contributed by atoms with Gasteiger partial charge in [0.25, 0.3) is 0 Å². The summed E-state index contributed by atoms with van der Waals surface area (Å²) < 4.78 is 0. The van der Waals surface area contributed by atoms with Crippen molar-refractivity contribution in [3.05, 3.63) is 16.1 Å². The van der Waals surface area contributed by atoms with Gasteiger partial charge in [0.1, 0.15) is 4.99 Å². The molecule has 0 fully saturated rings. The van der Waals surface area contributed by atoms with Crippen molar-refractivity contribution in [3.8, 4) is 0 Å². The van der Waals surface area contributed by atoms with E-state index in [0.717, 1.165) is 22.7 Å². The number of thiocarbonyl (C=S) groups is 1. The van der Waals surface area contributed by atoms with E-state index in [-0.39, 0.29) is 0 Å². The molecule has 2 nitrogen and oxygen atoms in total. The summed E-state index contributed by atoms with van der Waals surface area (Å²) in [7, 11) is 0. The highest BCUT2D eigenvalue weighted by molar-refractivity contribution is 7.81. The quantitative estimate of drug-likeness (QED) is 0.783. The third-order valence-corrected chi connectivity index (χ3v) is 3.64. The Labute approximate surface area is 88.2 Å². The van der Waals surface area contributed by atoms with Crippen molar-refractivity contribution in [2.45, 2.75) is 32.6 Å². The zero-order valence-electron chi connectivity index (χ0n) is 7.91. The molecule has 0 amide bonds. The lowest BCUT2D eigenvalue weighted by Crippen LogP contribution is -2.06. The van der Waals surface area contributed by atoms with Crippen LogP contribution in [-0.2, 0) is 0 Å². The number of hydrogen-bond acceptors (Lipinski definition) is 3. The molecule has 1 aromatic rings. The van der Waals surface area contributed by atoms with E-state index in [1.54, 1.807) is 17.5 Å². The summed E-state index contributed by atoms with van der Waals surface area (Å²) in [5.41, 5.74) is 5.51. The van der Waals surface area contributed by atoms with Crippen LogP contribution in [0.1, 0.15) is 42.5 Å². The maximum Gasteiger partial charge on any atom is 0.115 e. The monoisotopic (exact) mass is 214 g/mol. The van der Waals surface area contributed by atoms with E-state index in [0.29, 0.717) is 10.9 Å². The average molecular weight is 214 g/mol. The Hall–Kier alpha value is -0.480. The van der Waals surface area contributed by atoms with Gasteiger partial charge in [0.15, 0.2) is 0 Å². The average Bonchev–Trinajstić information content (AvgIpc) is 2.56. The van der Waals surface area contributed by atoms with Crippen molar-refractivity contribution in [1.82, 2.24) is 4.98 Å². The molecule has 0 radical (unpaired) electrons. The van der Waals surface area contributed by atoms with Gasteiger partial charge in [-0.2, -0.15) is 0 Å². The first-order chi connectivity index (χ1) is 6.19. The fourth-order valence-electron chi connectivity index (χ4n) is 1.23. The Balaban J connectivity index is 2.84. The summed E-state index contributed by atoms with van der Waals surface area (Å²) in [6.07, 6.45) is 4.03. The molecule has 0 saturated heterocycles. The smallest absolute Gasteiger partial charge is 0.115 e. The van der Waals surface area contributed by atoms with Crippen molar-refractivity contribution in [1.29, 1.82) is 0 Å². The largest absolute Gasteiger partial charge is 0.389 e. The molecule has 4 heteroatoms. The van der Waals surface area contributed by atoms with E-state index in [2.05, 4.69) is 18.8 Å². The Morgan fingerprint density at radius 1 is 1.62 bits per heavy atom. The van der Waals surface area contributed by atoms with Gasteiger partial charge >= 0.3 is 0 Å². The van der Waals surface area contributed by atoms with Gasteiger partial charge in [-0.05, 0) is 12.8 Å². The molecule has 0 saturated carbocycles. The number of thiazole rings is 1. The van der Waals surface area contributed by atoms with Gasteiger partial charge in [-0.1, -0.05) is 26.1 Å². The maximum atomic E-state index is 5.51. The van der Waals surface area contributed by atoms with Crippen LogP contribution in [0.4, 0.5) is 0 Å². The molecule has 2 N–H and O–H groups in total. The molecule has 0 aliphatic heterocycles. The Kier molecular flexibility index (Phi) is 3.81. The minimum atomic E-state index is 0.453. The normalized spacial score (nSPS) is 10.7. The van der Waals surface area contributed by atoms with Crippen molar-refractivity contribution < 1.29 is 0 Å². The number of aromatic nitrogens is 1. The molecule has 1 heterocycles. The van der Waals surface area contributed by atoms with Gasteiger partial charge in [-0.15, -0.1) is 11.3 Å². The molecule has 0 aliphatic rings. The van der Waals surface area contributed by atoms with Crippen molar-refractivity contribution in [3.63, 3.8) is 0 Å². The zero-order chi connectivity index (χ0) is 9.84. The second-order valence-electron chi connectivity index (χ2n) is 2.94. The van der Waals surface area contributed by atoms with Crippen molar-refractivity contribution in [2.24, 2.45) is 5.73 Å². The molecule has 0 aromatic carbocycles. The van der Waals surface area contributed by atoms with Crippen molar-refractivity contribution in [2.75, 3.05) is 0 Å². The fourth-order valence-corrected chi connectivity index (χ4v) is 2.44. The topological polar surface area (TPSA) is 38.9 Å². The number of hydrogen-bond donors (Lipinski definition) is 1. The van der Waals surface area contributed by atoms with Crippen LogP contribution in [0, 0.1) is 0 Å². The van der Waals surface area contributed by atoms with Crippen LogP contribution >= 0.6 is 23.6 Å². The van der Waals surface area contributed by atoms with Gasteiger partial charge in [0.05, 0.1) is 9.88 Å². The lowest BCUT2D eigenvalue weighted by molar-refractivity contribution is 0.637. The first-order valence-electron chi connectivity index (χ1n) is 4.44. The van der Waals surface area contributed by atoms with Crippen LogP contribution in [0.2, 0.25) is 0 Å². The van der Waals surface area contributed by atoms with Gasteiger partial charge in [0, 0.05) is 12.1 Å². The molecule has 1 aromatic heterocycles. The van der Waals surface area contributed by atoms with Crippen molar-refractivity contribution >= 4 is 28.5 Å². The maximum absolute atomic E-state index is 5.51. The highest BCUT2D eigenvalue weighted by atomic mass is 32.1. The SMILES string of the molecule is CCC(CC)c1ncc(C(N)=S)s1. The summed E-state index contributed by atoms with van der Waals surface area (Å²) in [6.45, 7) is 4.35.